The van der Waals surface area contributed by atoms with Gasteiger partial charge in [-0.25, -0.2) is 23.4 Å². The van der Waals surface area contributed by atoms with Gasteiger partial charge in [-0.15, -0.1) is 0 Å². The van der Waals surface area contributed by atoms with E-state index in [1.807, 2.05) is 31.5 Å². The summed E-state index contributed by atoms with van der Waals surface area (Å²) in [5, 5.41) is 5.67. The topological polar surface area (TPSA) is 71.9 Å². The van der Waals surface area contributed by atoms with Gasteiger partial charge in [-0.05, 0) is 55.0 Å². The van der Waals surface area contributed by atoms with Gasteiger partial charge in [0.25, 0.3) is 0 Å². The molecule has 2 aliphatic rings. The Labute approximate surface area is 218 Å². The number of hydrogen-bond donors (Lipinski definition) is 1. The van der Waals surface area contributed by atoms with Crippen LogP contribution in [0, 0.1) is 18.6 Å². The molecule has 3 aromatic heterocycles. The maximum Gasteiger partial charge on any atom is 0.225 e. The van der Waals surface area contributed by atoms with E-state index in [1.54, 1.807) is 16.9 Å². The number of H-pyrrole nitrogens is 1. The van der Waals surface area contributed by atoms with Crippen LogP contribution in [-0.4, -0.2) is 38.4 Å². The van der Waals surface area contributed by atoms with Crippen molar-refractivity contribution in [2.75, 3.05) is 18.6 Å². The van der Waals surface area contributed by atoms with E-state index in [4.69, 9.17) is 9.84 Å². The van der Waals surface area contributed by atoms with E-state index in [9.17, 15) is 0 Å². The maximum absolute atomic E-state index is 15.3. The van der Waals surface area contributed by atoms with E-state index >= 15 is 8.78 Å². The molecule has 4 heterocycles. The van der Waals surface area contributed by atoms with E-state index in [1.165, 1.54) is 37.6 Å². The molecule has 9 heteroatoms. The predicted molar refractivity (Wildman–Crippen MR) is 141 cm³/mol. The molecular formula is C29H26F2N6O. The van der Waals surface area contributed by atoms with Gasteiger partial charge in [-0.2, -0.15) is 5.10 Å². The monoisotopic (exact) mass is 512 g/mol. The molecule has 0 amide bonds. The second-order valence-electron chi connectivity index (χ2n) is 10.1. The number of hydrogen-bond acceptors (Lipinski definition) is 5. The number of nitrogens with zero attached hydrogens (tertiary/aromatic N) is 5. The Hall–Kier alpha value is -4.27. The Morgan fingerprint density at radius 2 is 1.89 bits per heavy atom. The molecule has 2 aromatic carbocycles. The lowest BCUT2D eigenvalue weighted by Crippen LogP contribution is -2.31. The number of nitrogens with one attached hydrogen (secondary N) is 1. The quantitative estimate of drug-likeness (QED) is 0.320. The lowest BCUT2D eigenvalue weighted by molar-refractivity contribution is 0.391. The molecule has 7 nitrogen and oxygen atoms in total. The maximum atomic E-state index is 15.3. The summed E-state index contributed by atoms with van der Waals surface area (Å²) in [4.78, 5) is 14.5. The molecule has 1 fully saturated rings. The normalized spacial score (nSPS) is 15.2. The number of halogens is 2. The van der Waals surface area contributed by atoms with Crippen LogP contribution in [0.1, 0.15) is 41.1 Å². The van der Waals surface area contributed by atoms with Gasteiger partial charge < -0.3 is 14.6 Å². The zero-order valence-electron chi connectivity index (χ0n) is 21.1. The summed E-state index contributed by atoms with van der Waals surface area (Å²) in [5.41, 5.74) is 5.84. The zero-order valence-corrected chi connectivity index (χ0v) is 21.1. The minimum atomic E-state index is -0.504. The largest absolute Gasteiger partial charge is 0.492 e. The van der Waals surface area contributed by atoms with E-state index in [0.717, 1.165) is 22.2 Å². The number of aromatic amines is 1. The zero-order chi connectivity index (χ0) is 26.0. The molecule has 0 bridgehead atoms. The molecule has 7 rings (SSSR count). The molecule has 0 saturated heterocycles. The smallest absolute Gasteiger partial charge is 0.225 e. The SMILES string of the molecule is COc1c(F)cc(-c2c3c(nn2-c2c(C)cccc2F)CCN(c2ncc(C4CC4)cn2)C3)c2cc[nH]c12. The van der Waals surface area contributed by atoms with Crippen molar-refractivity contribution >= 4 is 16.9 Å². The third-order valence-electron chi connectivity index (χ3n) is 7.64. The van der Waals surface area contributed by atoms with Crippen LogP contribution >= 0.6 is 0 Å². The summed E-state index contributed by atoms with van der Waals surface area (Å²) in [6.07, 6.45) is 8.61. The number of aromatic nitrogens is 5. The van der Waals surface area contributed by atoms with Crippen molar-refractivity contribution in [2.24, 2.45) is 0 Å². The molecule has 0 unspecified atom stereocenters. The fourth-order valence-corrected chi connectivity index (χ4v) is 5.56. The Bertz CT molecular complexity index is 1670. The van der Waals surface area contributed by atoms with Gasteiger partial charge in [-0.1, -0.05) is 12.1 Å². The van der Waals surface area contributed by atoms with E-state index < -0.39 is 5.82 Å². The molecule has 1 aliphatic heterocycles. The lowest BCUT2D eigenvalue weighted by Gasteiger charge is -2.27. The summed E-state index contributed by atoms with van der Waals surface area (Å²) in [7, 11) is 1.44. The number of benzene rings is 2. The fraction of sp³-hybridized carbons (Fsp3) is 0.276. The molecule has 1 aliphatic carbocycles. The first-order valence-electron chi connectivity index (χ1n) is 12.8. The summed E-state index contributed by atoms with van der Waals surface area (Å²) in [5.74, 6) is 0.478. The number of fused-ring (bicyclic) bond motifs is 2. The highest BCUT2D eigenvalue weighted by atomic mass is 19.1. The summed E-state index contributed by atoms with van der Waals surface area (Å²) in [6, 6.07) is 8.29. The van der Waals surface area contributed by atoms with Gasteiger partial charge >= 0.3 is 0 Å². The Morgan fingerprint density at radius 3 is 2.63 bits per heavy atom. The van der Waals surface area contributed by atoms with Crippen LogP contribution in [0.15, 0.2) is 48.9 Å². The molecular weight excluding hydrogens is 486 g/mol. The van der Waals surface area contributed by atoms with Crippen molar-refractivity contribution < 1.29 is 13.5 Å². The first-order valence-corrected chi connectivity index (χ1v) is 12.8. The van der Waals surface area contributed by atoms with Gasteiger partial charge in [0, 0.05) is 54.6 Å². The van der Waals surface area contributed by atoms with Gasteiger partial charge in [-0.3, -0.25) is 0 Å². The van der Waals surface area contributed by atoms with Crippen LogP contribution in [0.2, 0.25) is 0 Å². The number of anilines is 1. The Morgan fingerprint density at radius 1 is 1.08 bits per heavy atom. The molecule has 0 atom stereocenters. The number of aryl methyl sites for hydroxylation is 1. The van der Waals surface area contributed by atoms with Gasteiger partial charge in [0.15, 0.2) is 11.6 Å². The van der Waals surface area contributed by atoms with Crippen LogP contribution in [0.25, 0.3) is 27.8 Å². The third kappa shape index (κ3) is 3.56. The standard InChI is InChI=1S/C29H26F2N6O/c1-16-4-3-5-22(30)26(16)37-27(20-12-23(31)28(38-2)25-19(20)8-10-32-25)21-15-36(11-9-24(21)35-37)29-33-13-18(14-34-29)17-6-7-17/h3-5,8,10,12-14,17,32H,6-7,9,11,15H2,1-2H3. The number of ether oxygens (including phenoxy) is 1. The predicted octanol–water partition coefficient (Wildman–Crippen LogP) is 5.85. The first-order chi connectivity index (χ1) is 18.5. The molecule has 5 aromatic rings. The first kappa shape index (κ1) is 22.9. The number of rotatable bonds is 5. The summed E-state index contributed by atoms with van der Waals surface area (Å²) < 4.78 is 37.6. The molecule has 0 radical (unpaired) electrons. The third-order valence-corrected chi connectivity index (χ3v) is 7.64. The van der Waals surface area contributed by atoms with Crippen LogP contribution in [-0.2, 0) is 13.0 Å². The molecule has 1 N–H and O–H groups in total. The van der Waals surface area contributed by atoms with E-state index in [0.29, 0.717) is 53.8 Å². The minimum absolute atomic E-state index is 0.140. The fourth-order valence-electron chi connectivity index (χ4n) is 5.56. The molecule has 1 saturated carbocycles. The van der Waals surface area contributed by atoms with Crippen molar-refractivity contribution in [1.82, 2.24) is 24.7 Å². The van der Waals surface area contributed by atoms with Gasteiger partial charge in [0.05, 0.1) is 24.0 Å². The number of para-hydroxylation sites is 1. The van der Waals surface area contributed by atoms with Crippen molar-refractivity contribution in [1.29, 1.82) is 0 Å². The second-order valence-corrected chi connectivity index (χ2v) is 10.1. The van der Waals surface area contributed by atoms with E-state index in [-0.39, 0.29) is 11.6 Å². The minimum Gasteiger partial charge on any atom is -0.492 e. The highest BCUT2D eigenvalue weighted by molar-refractivity contribution is 5.99. The highest BCUT2D eigenvalue weighted by Gasteiger charge is 2.31. The van der Waals surface area contributed by atoms with Crippen molar-refractivity contribution in [3.8, 4) is 22.7 Å². The van der Waals surface area contributed by atoms with Crippen molar-refractivity contribution in [3.05, 3.63) is 82.9 Å². The molecule has 192 valence electrons. The summed E-state index contributed by atoms with van der Waals surface area (Å²) >= 11 is 0. The van der Waals surface area contributed by atoms with Crippen LogP contribution in [0.5, 0.6) is 5.75 Å². The van der Waals surface area contributed by atoms with E-state index in [2.05, 4.69) is 19.9 Å². The molecule has 0 spiro atoms. The average Bonchev–Trinajstić information content (AvgIpc) is 3.54. The van der Waals surface area contributed by atoms with Crippen LogP contribution in [0.3, 0.4) is 0 Å². The lowest BCUT2D eigenvalue weighted by atomic mass is 9.97. The van der Waals surface area contributed by atoms with Gasteiger partial charge in [0.2, 0.25) is 5.95 Å². The average molecular weight is 513 g/mol. The Kier molecular flexibility index (Phi) is 5.21. The van der Waals surface area contributed by atoms with Crippen LogP contribution < -0.4 is 9.64 Å². The van der Waals surface area contributed by atoms with Crippen LogP contribution in [0.4, 0.5) is 14.7 Å². The second kappa shape index (κ2) is 8.65. The summed E-state index contributed by atoms with van der Waals surface area (Å²) in [6.45, 7) is 3.00. The van der Waals surface area contributed by atoms with Gasteiger partial charge in [0.1, 0.15) is 11.5 Å². The van der Waals surface area contributed by atoms with Crippen molar-refractivity contribution in [2.45, 2.75) is 38.6 Å². The number of methoxy groups -OCH3 is 1. The highest BCUT2D eigenvalue weighted by Crippen LogP contribution is 2.42. The van der Waals surface area contributed by atoms with Crippen molar-refractivity contribution in [3.63, 3.8) is 0 Å². The molecule has 38 heavy (non-hydrogen) atoms. The Balaban J connectivity index is 1.42.